The van der Waals surface area contributed by atoms with Gasteiger partial charge in [-0.3, -0.25) is 0 Å². The zero-order valence-corrected chi connectivity index (χ0v) is 11.6. The Labute approximate surface area is 113 Å². The van der Waals surface area contributed by atoms with E-state index < -0.39 is 0 Å². The van der Waals surface area contributed by atoms with Crippen LogP contribution in [0.2, 0.25) is 10.0 Å². The standard InChI is InChI=1S/C13H16Cl2N2/c1-13(2,9-16)6-3-7-17-10-4-5-11(14)12(15)8-10/h4-5,8,17H,3,6-7H2,1-2H3. The number of rotatable bonds is 5. The molecule has 1 rings (SSSR count). The fourth-order valence-corrected chi connectivity index (χ4v) is 1.72. The van der Waals surface area contributed by atoms with Crippen molar-refractivity contribution in [2.75, 3.05) is 11.9 Å². The van der Waals surface area contributed by atoms with Gasteiger partial charge in [-0.1, -0.05) is 23.2 Å². The maximum Gasteiger partial charge on any atom is 0.0683 e. The number of hydrogen-bond acceptors (Lipinski definition) is 2. The summed E-state index contributed by atoms with van der Waals surface area (Å²) >= 11 is 11.7. The first-order valence-electron chi connectivity index (χ1n) is 5.55. The molecular formula is C13H16Cl2N2. The second kappa shape index (κ2) is 6.14. The molecule has 2 nitrogen and oxygen atoms in total. The lowest BCUT2D eigenvalue weighted by Crippen LogP contribution is -2.11. The Kier molecular flexibility index (Phi) is 5.11. The molecule has 0 aliphatic rings. The summed E-state index contributed by atoms with van der Waals surface area (Å²) in [6.07, 6.45) is 1.82. The van der Waals surface area contributed by atoms with Gasteiger partial charge in [0.05, 0.1) is 21.5 Å². The molecule has 0 aliphatic heterocycles. The highest BCUT2D eigenvalue weighted by atomic mass is 35.5. The lowest BCUT2D eigenvalue weighted by Gasteiger charge is -2.15. The lowest BCUT2D eigenvalue weighted by molar-refractivity contribution is 0.441. The number of halogens is 2. The van der Waals surface area contributed by atoms with Crippen molar-refractivity contribution in [2.45, 2.75) is 26.7 Å². The van der Waals surface area contributed by atoms with Gasteiger partial charge in [-0.15, -0.1) is 0 Å². The molecule has 92 valence electrons. The molecule has 4 heteroatoms. The van der Waals surface area contributed by atoms with Crippen LogP contribution >= 0.6 is 23.2 Å². The first kappa shape index (κ1) is 14.2. The van der Waals surface area contributed by atoms with E-state index in [-0.39, 0.29) is 5.41 Å². The minimum Gasteiger partial charge on any atom is -0.385 e. The molecule has 0 spiro atoms. The summed E-state index contributed by atoms with van der Waals surface area (Å²) in [4.78, 5) is 0. The van der Waals surface area contributed by atoms with Crippen LogP contribution in [0.3, 0.4) is 0 Å². The van der Waals surface area contributed by atoms with Crippen LogP contribution in [-0.4, -0.2) is 6.54 Å². The summed E-state index contributed by atoms with van der Waals surface area (Å²) in [6.45, 7) is 4.72. The second-order valence-electron chi connectivity index (χ2n) is 4.65. The van der Waals surface area contributed by atoms with Crippen molar-refractivity contribution in [2.24, 2.45) is 5.41 Å². The van der Waals surface area contributed by atoms with Crippen molar-refractivity contribution in [1.29, 1.82) is 5.26 Å². The van der Waals surface area contributed by atoms with Crippen LogP contribution < -0.4 is 5.32 Å². The third kappa shape index (κ3) is 4.85. The molecule has 0 aliphatic carbocycles. The largest absolute Gasteiger partial charge is 0.385 e. The molecule has 0 amide bonds. The number of benzene rings is 1. The average Bonchev–Trinajstić information content (AvgIpc) is 2.29. The molecule has 1 aromatic carbocycles. The molecule has 0 saturated carbocycles. The number of nitriles is 1. The van der Waals surface area contributed by atoms with E-state index in [4.69, 9.17) is 28.5 Å². The molecule has 1 N–H and O–H groups in total. The summed E-state index contributed by atoms with van der Waals surface area (Å²) < 4.78 is 0. The van der Waals surface area contributed by atoms with Gasteiger partial charge in [0.15, 0.2) is 0 Å². The number of nitrogens with zero attached hydrogens (tertiary/aromatic N) is 1. The predicted molar refractivity (Wildman–Crippen MR) is 73.6 cm³/mol. The SMILES string of the molecule is CC(C)(C#N)CCCNc1ccc(Cl)c(Cl)c1. The smallest absolute Gasteiger partial charge is 0.0683 e. The Morgan fingerprint density at radius 2 is 2.00 bits per heavy atom. The summed E-state index contributed by atoms with van der Waals surface area (Å²) in [6, 6.07) is 7.76. The monoisotopic (exact) mass is 270 g/mol. The van der Waals surface area contributed by atoms with Gasteiger partial charge in [0, 0.05) is 12.2 Å². The maximum absolute atomic E-state index is 8.87. The van der Waals surface area contributed by atoms with E-state index in [1.165, 1.54) is 0 Å². The lowest BCUT2D eigenvalue weighted by atomic mass is 9.90. The minimum absolute atomic E-state index is 0.251. The number of anilines is 1. The quantitative estimate of drug-likeness (QED) is 0.785. The van der Waals surface area contributed by atoms with Crippen molar-refractivity contribution in [3.8, 4) is 6.07 Å². The third-order valence-electron chi connectivity index (χ3n) is 2.53. The summed E-state index contributed by atoms with van der Waals surface area (Å²) in [7, 11) is 0. The highest BCUT2D eigenvalue weighted by Crippen LogP contribution is 2.25. The molecule has 0 radical (unpaired) electrons. The Bertz CT molecular complexity index is 422. The van der Waals surface area contributed by atoms with E-state index in [1.807, 2.05) is 19.9 Å². The zero-order valence-electron chi connectivity index (χ0n) is 10.1. The van der Waals surface area contributed by atoms with Crippen molar-refractivity contribution in [3.63, 3.8) is 0 Å². The molecule has 0 unspecified atom stereocenters. The number of nitrogens with one attached hydrogen (secondary N) is 1. The van der Waals surface area contributed by atoms with Crippen molar-refractivity contribution >= 4 is 28.9 Å². The Morgan fingerprint density at radius 3 is 2.59 bits per heavy atom. The van der Waals surface area contributed by atoms with Gasteiger partial charge in [0.2, 0.25) is 0 Å². The molecule has 0 bridgehead atoms. The van der Waals surface area contributed by atoms with Crippen LogP contribution in [0.5, 0.6) is 0 Å². The van der Waals surface area contributed by atoms with Crippen LogP contribution in [0.4, 0.5) is 5.69 Å². The van der Waals surface area contributed by atoms with Crippen LogP contribution in [-0.2, 0) is 0 Å². The molecule has 0 aromatic heterocycles. The topological polar surface area (TPSA) is 35.8 Å². The summed E-state index contributed by atoms with van der Waals surface area (Å²) in [5.41, 5.74) is 0.702. The van der Waals surface area contributed by atoms with Crippen molar-refractivity contribution < 1.29 is 0 Å². The minimum atomic E-state index is -0.251. The van der Waals surface area contributed by atoms with E-state index in [9.17, 15) is 0 Å². The van der Waals surface area contributed by atoms with Gasteiger partial charge in [-0.25, -0.2) is 0 Å². The van der Waals surface area contributed by atoms with Gasteiger partial charge in [0.1, 0.15) is 0 Å². The molecule has 0 fully saturated rings. The van der Waals surface area contributed by atoms with Crippen LogP contribution in [0.1, 0.15) is 26.7 Å². The van der Waals surface area contributed by atoms with Gasteiger partial charge in [-0.05, 0) is 44.9 Å². The Hall–Kier alpha value is -0.910. The summed E-state index contributed by atoms with van der Waals surface area (Å²) in [5, 5.41) is 13.2. The highest BCUT2D eigenvalue weighted by Gasteiger charge is 2.15. The Balaban J connectivity index is 2.37. The fraction of sp³-hybridized carbons (Fsp3) is 0.462. The van der Waals surface area contributed by atoms with Gasteiger partial charge in [-0.2, -0.15) is 5.26 Å². The van der Waals surface area contributed by atoms with E-state index in [1.54, 1.807) is 12.1 Å². The van der Waals surface area contributed by atoms with E-state index in [0.29, 0.717) is 10.0 Å². The highest BCUT2D eigenvalue weighted by molar-refractivity contribution is 6.42. The van der Waals surface area contributed by atoms with Crippen molar-refractivity contribution in [3.05, 3.63) is 28.2 Å². The fourth-order valence-electron chi connectivity index (χ4n) is 1.43. The predicted octanol–water partition coefficient (Wildman–Crippen LogP) is 4.74. The third-order valence-corrected chi connectivity index (χ3v) is 3.27. The molecule has 1 aromatic rings. The molecule has 0 saturated heterocycles. The van der Waals surface area contributed by atoms with Crippen LogP contribution in [0, 0.1) is 16.7 Å². The molecule has 17 heavy (non-hydrogen) atoms. The van der Waals surface area contributed by atoms with Gasteiger partial charge < -0.3 is 5.32 Å². The average molecular weight is 271 g/mol. The van der Waals surface area contributed by atoms with Gasteiger partial charge >= 0.3 is 0 Å². The van der Waals surface area contributed by atoms with Gasteiger partial charge in [0.25, 0.3) is 0 Å². The normalized spacial score (nSPS) is 11.0. The first-order chi connectivity index (χ1) is 7.94. The maximum atomic E-state index is 8.87. The summed E-state index contributed by atoms with van der Waals surface area (Å²) in [5.74, 6) is 0. The molecule has 0 heterocycles. The first-order valence-corrected chi connectivity index (χ1v) is 6.30. The van der Waals surface area contributed by atoms with E-state index >= 15 is 0 Å². The van der Waals surface area contributed by atoms with Crippen molar-refractivity contribution in [1.82, 2.24) is 0 Å². The van der Waals surface area contributed by atoms with Crippen LogP contribution in [0.15, 0.2) is 18.2 Å². The second-order valence-corrected chi connectivity index (χ2v) is 5.47. The van der Waals surface area contributed by atoms with Crippen LogP contribution in [0.25, 0.3) is 0 Å². The number of hydrogen-bond donors (Lipinski definition) is 1. The van der Waals surface area contributed by atoms with E-state index in [2.05, 4.69) is 11.4 Å². The Morgan fingerprint density at radius 1 is 1.29 bits per heavy atom. The molecular weight excluding hydrogens is 255 g/mol. The van der Waals surface area contributed by atoms with E-state index in [0.717, 1.165) is 25.1 Å². The zero-order chi connectivity index (χ0) is 12.9. The molecule has 0 atom stereocenters.